The highest BCUT2D eigenvalue weighted by atomic mass is 16.5. The number of hydrogen-bond donors (Lipinski definition) is 1. The molecule has 0 aromatic heterocycles. The molecule has 0 spiro atoms. The minimum absolute atomic E-state index is 0.388. The summed E-state index contributed by atoms with van der Waals surface area (Å²) in [6, 6.07) is 9.48. The number of anilines is 1. The molecule has 19 heavy (non-hydrogen) atoms. The van der Waals surface area contributed by atoms with Crippen LogP contribution in [0.25, 0.3) is 0 Å². The third kappa shape index (κ3) is 2.49. The van der Waals surface area contributed by atoms with Crippen LogP contribution >= 0.6 is 0 Å². The highest BCUT2D eigenvalue weighted by Gasteiger charge is 2.34. The number of benzene rings is 1. The first-order chi connectivity index (χ1) is 9.29. The van der Waals surface area contributed by atoms with E-state index in [1.807, 2.05) is 0 Å². The Hall–Kier alpha value is -1.06. The summed E-state index contributed by atoms with van der Waals surface area (Å²) in [6.45, 7) is 4.99. The number of nitrogens with two attached hydrogens (primary N) is 1. The third-order valence-electron chi connectivity index (χ3n) is 4.52. The lowest BCUT2D eigenvalue weighted by atomic mass is 9.98. The molecule has 2 N–H and O–H groups in total. The number of hydrogen-bond acceptors (Lipinski definition) is 3. The number of rotatable bonds is 3. The van der Waals surface area contributed by atoms with Gasteiger partial charge in [-0.2, -0.15) is 0 Å². The Kier molecular flexibility index (Phi) is 3.76. The highest BCUT2D eigenvalue weighted by Crippen LogP contribution is 2.40. The quantitative estimate of drug-likeness (QED) is 0.907. The average Bonchev–Trinajstić information content (AvgIpc) is 2.79. The van der Waals surface area contributed by atoms with E-state index in [1.54, 1.807) is 0 Å². The first-order valence-corrected chi connectivity index (χ1v) is 7.47. The van der Waals surface area contributed by atoms with Gasteiger partial charge in [0.25, 0.3) is 0 Å². The smallest absolute Gasteiger partial charge is 0.0566 e. The topological polar surface area (TPSA) is 38.5 Å². The molecule has 1 saturated heterocycles. The summed E-state index contributed by atoms with van der Waals surface area (Å²) in [5, 5.41) is 0. The zero-order valence-electron chi connectivity index (χ0n) is 11.7. The second-order valence-corrected chi connectivity index (χ2v) is 5.85. The van der Waals surface area contributed by atoms with Crippen molar-refractivity contribution in [1.82, 2.24) is 0 Å². The van der Waals surface area contributed by atoms with Crippen LogP contribution in [0.2, 0.25) is 0 Å². The van der Waals surface area contributed by atoms with E-state index in [0.29, 0.717) is 18.1 Å². The molecule has 3 heteroatoms. The Balaban J connectivity index is 1.83. The maximum atomic E-state index is 5.77. The Morgan fingerprint density at radius 3 is 3.00 bits per heavy atom. The van der Waals surface area contributed by atoms with Gasteiger partial charge in [0.2, 0.25) is 0 Å². The van der Waals surface area contributed by atoms with Crippen LogP contribution in [0, 0.1) is 0 Å². The predicted molar refractivity (Wildman–Crippen MR) is 78.6 cm³/mol. The molecule has 0 amide bonds. The summed E-state index contributed by atoms with van der Waals surface area (Å²) in [5.74, 6) is 0.611. The van der Waals surface area contributed by atoms with Crippen LogP contribution in [-0.2, 0) is 4.74 Å². The molecule has 2 heterocycles. The summed E-state index contributed by atoms with van der Waals surface area (Å²) in [6.07, 6.45) is 3.77. The fraction of sp³-hybridized carbons (Fsp3) is 0.625. The van der Waals surface area contributed by atoms with Crippen molar-refractivity contribution in [2.24, 2.45) is 5.73 Å². The molecule has 0 saturated carbocycles. The van der Waals surface area contributed by atoms with Gasteiger partial charge in [-0.1, -0.05) is 18.2 Å². The number of ether oxygens (including phenoxy) is 1. The molecule has 3 nitrogen and oxygen atoms in total. The van der Waals surface area contributed by atoms with Gasteiger partial charge in [0, 0.05) is 30.8 Å². The third-order valence-corrected chi connectivity index (χ3v) is 4.52. The molecule has 1 aromatic carbocycles. The lowest BCUT2D eigenvalue weighted by Crippen LogP contribution is -2.41. The van der Waals surface area contributed by atoms with Gasteiger partial charge in [0.05, 0.1) is 6.10 Å². The standard InChI is InChI=1S/C16H24N2O/c1-12-10-14(7-9-19-12)18-11-13(6-8-17)15-4-2-3-5-16(15)18/h2-5,12-14H,6-11,17H2,1H3. The van der Waals surface area contributed by atoms with Crippen molar-refractivity contribution in [1.29, 1.82) is 0 Å². The fourth-order valence-corrected chi connectivity index (χ4v) is 3.58. The van der Waals surface area contributed by atoms with Crippen molar-refractivity contribution in [3.63, 3.8) is 0 Å². The maximum Gasteiger partial charge on any atom is 0.0566 e. The molecule has 3 atom stereocenters. The van der Waals surface area contributed by atoms with Crippen LogP contribution in [0.15, 0.2) is 24.3 Å². The zero-order chi connectivity index (χ0) is 13.2. The number of fused-ring (bicyclic) bond motifs is 1. The molecule has 3 rings (SSSR count). The van der Waals surface area contributed by atoms with Crippen LogP contribution in [0.5, 0.6) is 0 Å². The van der Waals surface area contributed by atoms with E-state index in [9.17, 15) is 0 Å². The van der Waals surface area contributed by atoms with E-state index in [0.717, 1.165) is 39.0 Å². The van der Waals surface area contributed by atoms with Crippen LogP contribution in [-0.4, -0.2) is 31.8 Å². The Morgan fingerprint density at radius 2 is 2.21 bits per heavy atom. The van der Waals surface area contributed by atoms with E-state index >= 15 is 0 Å². The summed E-state index contributed by atoms with van der Waals surface area (Å²) in [7, 11) is 0. The molecular weight excluding hydrogens is 236 g/mol. The Bertz CT molecular complexity index is 435. The van der Waals surface area contributed by atoms with E-state index in [2.05, 4.69) is 36.1 Å². The molecule has 0 radical (unpaired) electrons. The lowest BCUT2D eigenvalue weighted by Gasteiger charge is -2.36. The lowest BCUT2D eigenvalue weighted by molar-refractivity contribution is 0.0186. The summed E-state index contributed by atoms with van der Waals surface area (Å²) >= 11 is 0. The summed E-state index contributed by atoms with van der Waals surface area (Å²) in [4.78, 5) is 2.61. The fourth-order valence-electron chi connectivity index (χ4n) is 3.58. The van der Waals surface area contributed by atoms with Gasteiger partial charge in [0.15, 0.2) is 0 Å². The van der Waals surface area contributed by atoms with Crippen molar-refractivity contribution in [3.05, 3.63) is 29.8 Å². The molecule has 1 aromatic rings. The van der Waals surface area contributed by atoms with E-state index in [-0.39, 0.29) is 0 Å². The van der Waals surface area contributed by atoms with Gasteiger partial charge in [-0.05, 0) is 44.4 Å². The first-order valence-electron chi connectivity index (χ1n) is 7.47. The minimum atomic E-state index is 0.388. The van der Waals surface area contributed by atoms with Crippen LogP contribution in [0.4, 0.5) is 5.69 Å². The number of nitrogens with zero attached hydrogens (tertiary/aromatic N) is 1. The van der Waals surface area contributed by atoms with Crippen molar-refractivity contribution in [2.75, 3.05) is 24.6 Å². The SMILES string of the molecule is CC1CC(N2CC(CCN)c3ccccc32)CCO1. The average molecular weight is 260 g/mol. The van der Waals surface area contributed by atoms with Gasteiger partial charge in [-0.3, -0.25) is 0 Å². The highest BCUT2D eigenvalue weighted by molar-refractivity contribution is 5.61. The largest absolute Gasteiger partial charge is 0.378 e. The molecule has 0 bridgehead atoms. The van der Waals surface area contributed by atoms with Gasteiger partial charge in [0.1, 0.15) is 0 Å². The normalized spacial score (nSPS) is 30.4. The van der Waals surface area contributed by atoms with Crippen LogP contribution in [0.3, 0.4) is 0 Å². The molecule has 1 fully saturated rings. The molecule has 2 aliphatic heterocycles. The van der Waals surface area contributed by atoms with E-state index in [1.165, 1.54) is 11.3 Å². The predicted octanol–water partition coefficient (Wildman–Crippen LogP) is 2.51. The maximum absolute atomic E-state index is 5.77. The number of para-hydroxylation sites is 1. The van der Waals surface area contributed by atoms with Gasteiger partial charge in [-0.25, -0.2) is 0 Å². The van der Waals surface area contributed by atoms with Crippen molar-refractivity contribution in [2.45, 2.75) is 44.2 Å². The second-order valence-electron chi connectivity index (χ2n) is 5.85. The molecule has 0 aliphatic carbocycles. The summed E-state index contributed by atoms with van der Waals surface area (Å²) < 4.78 is 5.68. The van der Waals surface area contributed by atoms with Crippen molar-refractivity contribution >= 4 is 5.69 Å². The summed E-state index contributed by atoms with van der Waals surface area (Å²) in [5.41, 5.74) is 8.70. The van der Waals surface area contributed by atoms with E-state index in [4.69, 9.17) is 10.5 Å². The van der Waals surface area contributed by atoms with Crippen molar-refractivity contribution in [3.8, 4) is 0 Å². The zero-order valence-corrected chi connectivity index (χ0v) is 11.7. The monoisotopic (exact) mass is 260 g/mol. The van der Waals surface area contributed by atoms with Gasteiger partial charge < -0.3 is 15.4 Å². The Morgan fingerprint density at radius 1 is 1.37 bits per heavy atom. The second kappa shape index (κ2) is 5.51. The molecule has 3 unspecified atom stereocenters. The minimum Gasteiger partial charge on any atom is -0.378 e. The van der Waals surface area contributed by atoms with E-state index < -0.39 is 0 Å². The Labute approximate surface area is 115 Å². The van der Waals surface area contributed by atoms with Gasteiger partial charge >= 0.3 is 0 Å². The molecule has 2 aliphatic rings. The van der Waals surface area contributed by atoms with Gasteiger partial charge in [-0.15, -0.1) is 0 Å². The van der Waals surface area contributed by atoms with Crippen molar-refractivity contribution < 1.29 is 4.74 Å². The first kappa shape index (κ1) is 12.9. The molecular formula is C16H24N2O. The van der Waals surface area contributed by atoms with Crippen LogP contribution < -0.4 is 10.6 Å². The van der Waals surface area contributed by atoms with Crippen LogP contribution in [0.1, 0.15) is 37.7 Å². The molecule has 104 valence electrons.